The summed E-state index contributed by atoms with van der Waals surface area (Å²) in [5, 5.41) is 29.6. The van der Waals surface area contributed by atoms with Crippen molar-refractivity contribution in [2.45, 2.75) is 31.1 Å². The van der Waals surface area contributed by atoms with Crippen LogP contribution in [-0.4, -0.2) is 65.1 Å². The van der Waals surface area contributed by atoms with Gasteiger partial charge in [0.15, 0.2) is 0 Å². The van der Waals surface area contributed by atoms with Crippen molar-refractivity contribution in [2.24, 2.45) is 5.16 Å². The Balaban J connectivity index is 1.66. The molecule has 11 heteroatoms. The third kappa shape index (κ3) is 4.52. The van der Waals surface area contributed by atoms with Crippen LogP contribution in [0.2, 0.25) is 4.71 Å². The van der Waals surface area contributed by atoms with Crippen molar-refractivity contribution < 1.29 is 14.7 Å². The second-order valence-electron chi connectivity index (χ2n) is 7.35. The van der Waals surface area contributed by atoms with Gasteiger partial charge in [0.1, 0.15) is 0 Å². The van der Waals surface area contributed by atoms with Crippen molar-refractivity contribution in [3.8, 4) is 11.9 Å². The van der Waals surface area contributed by atoms with Gasteiger partial charge in [-0.15, -0.1) is 0 Å². The molecule has 0 aliphatic carbocycles. The molecule has 0 spiro atoms. The van der Waals surface area contributed by atoms with E-state index in [2.05, 4.69) is 45.5 Å². The van der Waals surface area contributed by atoms with Crippen LogP contribution in [0.3, 0.4) is 0 Å². The minimum atomic E-state index is -1.09. The van der Waals surface area contributed by atoms with E-state index >= 15 is 0 Å². The summed E-state index contributed by atoms with van der Waals surface area (Å²) in [5.74, 6) is 0.652. The standard InChI is InChI=1S/C20H20AsN7O3/c1-11(2)21-16-5-18(28-19-13(8-26-28)3-12(6-22)7-24-19)23-10-15(16)17-4-14(31-27-17)9-25-20(29)30/h3,5,7-8,10-11,14,21,25H,4,9H2,1-2H3,(H,29,30). The number of rotatable bonds is 6. The van der Waals surface area contributed by atoms with Gasteiger partial charge < -0.3 is 0 Å². The van der Waals surface area contributed by atoms with Crippen molar-refractivity contribution >= 4 is 42.9 Å². The molecule has 0 saturated carbocycles. The Morgan fingerprint density at radius 2 is 2.23 bits per heavy atom. The van der Waals surface area contributed by atoms with Gasteiger partial charge in [-0.1, -0.05) is 0 Å². The molecule has 0 aromatic carbocycles. The van der Waals surface area contributed by atoms with Gasteiger partial charge in [0.25, 0.3) is 0 Å². The first-order valence-corrected chi connectivity index (χ1v) is 11.9. The zero-order valence-electron chi connectivity index (χ0n) is 16.9. The molecular weight excluding hydrogens is 461 g/mol. The third-order valence-corrected chi connectivity index (χ3v) is 7.34. The molecule has 1 aliphatic rings. The summed E-state index contributed by atoms with van der Waals surface area (Å²) in [5.41, 5.74) is 2.83. The average Bonchev–Trinajstić information content (AvgIpc) is 3.38. The van der Waals surface area contributed by atoms with E-state index in [1.807, 2.05) is 6.07 Å². The second kappa shape index (κ2) is 8.74. The van der Waals surface area contributed by atoms with Crippen molar-refractivity contribution in [2.75, 3.05) is 6.54 Å². The van der Waals surface area contributed by atoms with E-state index in [9.17, 15) is 4.79 Å². The Bertz CT molecular complexity index is 1220. The van der Waals surface area contributed by atoms with Crippen LogP contribution < -0.4 is 9.67 Å². The fraction of sp³-hybridized carbons (Fsp3) is 0.300. The van der Waals surface area contributed by atoms with Crippen molar-refractivity contribution in [1.29, 1.82) is 5.26 Å². The molecule has 31 heavy (non-hydrogen) atoms. The van der Waals surface area contributed by atoms with Crippen LogP contribution in [-0.2, 0) is 4.84 Å². The maximum absolute atomic E-state index is 10.7. The van der Waals surface area contributed by atoms with E-state index in [1.165, 1.54) is 10.5 Å². The normalized spacial score (nSPS) is 15.9. The first-order chi connectivity index (χ1) is 14.9. The van der Waals surface area contributed by atoms with Gasteiger partial charge in [-0.2, -0.15) is 0 Å². The SMILES string of the molecule is CC(C)[AsH]c1cc(-n2ncc3cc(C#N)cnc32)ncc1C1=NOC(CNC(=O)O)C1. The zero-order chi connectivity index (χ0) is 22.0. The van der Waals surface area contributed by atoms with Crippen LogP contribution in [0.15, 0.2) is 35.9 Å². The van der Waals surface area contributed by atoms with E-state index in [0.717, 1.165) is 16.7 Å². The van der Waals surface area contributed by atoms with Crippen molar-refractivity contribution in [1.82, 2.24) is 25.1 Å². The summed E-state index contributed by atoms with van der Waals surface area (Å²) < 4.78 is 3.36. The Morgan fingerprint density at radius 3 is 2.97 bits per heavy atom. The molecule has 4 rings (SSSR count). The fourth-order valence-corrected chi connectivity index (χ4v) is 5.78. The van der Waals surface area contributed by atoms with Gasteiger partial charge >= 0.3 is 185 Å². The number of carboxylic acid groups (broad SMARTS) is 1. The fourth-order valence-electron chi connectivity index (χ4n) is 3.27. The molecule has 2 unspecified atom stereocenters. The van der Waals surface area contributed by atoms with E-state index < -0.39 is 21.8 Å². The Labute approximate surface area is 184 Å². The second-order valence-corrected chi connectivity index (χ2v) is 11.5. The molecule has 158 valence electrons. The van der Waals surface area contributed by atoms with Crippen molar-refractivity contribution in [3.63, 3.8) is 0 Å². The monoisotopic (exact) mass is 481 g/mol. The number of hydrogen-bond donors (Lipinski definition) is 2. The van der Waals surface area contributed by atoms with Crippen LogP contribution in [0.1, 0.15) is 31.4 Å². The molecular formula is C20H20AsN7O3. The Kier molecular flexibility index (Phi) is 5.87. The van der Waals surface area contributed by atoms with Gasteiger partial charge in [-0.25, -0.2) is 0 Å². The summed E-state index contributed by atoms with van der Waals surface area (Å²) in [6.07, 6.45) is 4.08. The number of carbonyl (C=O) groups is 1. The van der Waals surface area contributed by atoms with Gasteiger partial charge in [0.2, 0.25) is 0 Å². The minimum absolute atomic E-state index is 0.180. The molecule has 2 atom stereocenters. The van der Waals surface area contributed by atoms with E-state index in [-0.39, 0.29) is 12.6 Å². The molecule has 4 heterocycles. The average molecular weight is 481 g/mol. The first kappa shape index (κ1) is 20.8. The van der Waals surface area contributed by atoms with Gasteiger partial charge in [0, 0.05) is 0 Å². The molecule has 2 N–H and O–H groups in total. The van der Waals surface area contributed by atoms with Crippen molar-refractivity contribution in [3.05, 3.63) is 41.9 Å². The van der Waals surface area contributed by atoms with Gasteiger partial charge in [0.05, 0.1) is 0 Å². The number of oxime groups is 1. The molecule has 0 fully saturated rings. The van der Waals surface area contributed by atoms with Crippen LogP contribution in [0.4, 0.5) is 4.79 Å². The number of amides is 1. The third-order valence-electron chi connectivity index (χ3n) is 4.61. The van der Waals surface area contributed by atoms with E-state index in [1.54, 1.807) is 23.1 Å². The first-order valence-electron chi connectivity index (χ1n) is 9.65. The van der Waals surface area contributed by atoms with Gasteiger partial charge in [-0.05, 0) is 0 Å². The number of nitrogens with zero attached hydrogens (tertiary/aromatic N) is 6. The number of hydrogen-bond acceptors (Lipinski definition) is 7. The summed E-state index contributed by atoms with van der Waals surface area (Å²) in [6, 6.07) is 5.85. The maximum atomic E-state index is 10.7. The summed E-state index contributed by atoms with van der Waals surface area (Å²) in [6.45, 7) is 4.55. The quantitative estimate of drug-likeness (QED) is 0.507. The van der Waals surface area contributed by atoms with Gasteiger partial charge in [-0.3, -0.25) is 0 Å². The van der Waals surface area contributed by atoms with Crippen LogP contribution in [0.5, 0.6) is 0 Å². The van der Waals surface area contributed by atoms with Crippen LogP contribution in [0, 0.1) is 11.3 Å². The Hall–Kier alpha value is -3.44. The predicted molar refractivity (Wildman–Crippen MR) is 115 cm³/mol. The summed E-state index contributed by atoms with van der Waals surface area (Å²) in [7, 11) is 0. The number of nitriles is 1. The molecule has 10 nitrogen and oxygen atoms in total. The molecule has 0 saturated heterocycles. The molecule has 0 radical (unpaired) electrons. The molecule has 1 aliphatic heterocycles. The van der Waals surface area contributed by atoms with Crippen LogP contribution >= 0.6 is 0 Å². The van der Waals surface area contributed by atoms with E-state index in [0.29, 0.717) is 28.2 Å². The summed E-state index contributed by atoms with van der Waals surface area (Å²) in [4.78, 5) is 25.1. The molecule has 1 amide bonds. The Morgan fingerprint density at radius 1 is 1.39 bits per heavy atom. The zero-order valence-corrected chi connectivity index (χ0v) is 19.0. The molecule has 3 aromatic rings. The molecule has 3 aromatic heterocycles. The summed E-state index contributed by atoms with van der Waals surface area (Å²) >= 11 is -0.499. The topological polar surface area (TPSA) is 138 Å². The number of fused-ring (bicyclic) bond motifs is 1. The van der Waals surface area contributed by atoms with Crippen LogP contribution in [0.25, 0.3) is 16.9 Å². The van der Waals surface area contributed by atoms with E-state index in [4.69, 9.17) is 15.2 Å². The number of aromatic nitrogens is 4. The molecule has 0 bridgehead atoms. The number of nitrogens with one attached hydrogen (secondary N) is 1. The number of pyridine rings is 2. The predicted octanol–water partition coefficient (Wildman–Crippen LogP) is 1.34.